The Hall–Kier alpha value is -0.790. The smallest absolute Gasteiger partial charge is 0.191 e. The van der Waals surface area contributed by atoms with Gasteiger partial charge in [-0.3, -0.25) is 9.67 Å². The van der Waals surface area contributed by atoms with Crippen molar-refractivity contribution in [3.63, 3.8) is 0 Å². The normalized spacial score (nSPS) is 21.4. The predicted octanol–water partition coefficient (Wildman–Crippen LogP) is 1.77. The molecule has 1 saturated carbocycles. The van der Waals surface area contributed by atoms with Crippen LogP contribution in [0.1, 0.15) is 30.3 Å². The molecule has 2 N–H and O–H groups in total. The van der Waals surface area contributed by atoms with Gasteiger partial charge in [0, 0.05) is 32.4 Å². The molecule has 0 saturated heterocycles. The molecule has 1 aliphatic carbocycles. The van der Waals surface area contributed by atoms with E-state index in [0.29, 0.717) is 6.04 Å². The summed E-state index contributed by atoms with van der Waals surface area (Å²) in [7, 11) is 3.82. The molecule has 0 amide bonds. The highest BCUT2D eigenvalue weighted by molar-refractivity contribution is 14.0. The van der Waals surface area contributed by atoms with E-state index in [0.717, 1.165) is 30.5 Å². The number of hydrogen-bond donors (Lipinski definition) is 2. The molecule has 0 aromatic carbocycles. The molecule has 1 aliphatic rings. The summed E-state index contributed by atoms with van der Waals surface area (Å²) in [4.78, 5) is 4.26. The highest BCUT2D eigenvalue weighted by atomic mass is 127. The summed E-state index contributed by atoms with van der Waals surface area (Å²) in [5.41, 5.74) is 3.71. The standard InChI is InChI=1S/C14H25N5.HI/c1-9-8-13(9)17-14(15-4)16-7-6-12-10(2)18-19(5)11(12)3;/h9,13H,6-8H2,1-5H3,(H2,15,16,17);1H. The van der Waals surface area contributed by atoms with Crippen molar-refractivity contribution in [2.24, 2.45) is 18.0 Å². The molecule has 1 heterocycles. The van der Waals surface area contributed by atoms with Gasteiger partial charge in [-0.05, 0) is 38.2 Å². The number of halogens is 1. The van der Waals surface area contributed by atoms with Crippen LogP contribution in [0.25, 0.3) is 0 Å². The minimum absolute atomic E-state index is 0. The van der Waals surface area contributed by atoms with Crippen molar-refractivity contribution in [1.29, 1.82) is 0 Å². The van der Waals surface area contributed by atoms with Crippen molar-refractivity contribution in [3.8, 4) is 0 Å². The van der Waals surface area contributed by atoms with Crippen LogP contribution >= 0.6 is 24.0 Å². The van der Waals surface area contributed by atoms with Gasteiger partial charge in [0.1, 0.15) is 0 Å². The van der Waals surface area contributed by atoms with Crippen molar-refractivity contribution < 1.29 is 0 Å². The topological polar surface area (TPSA) is 54.2 Å². The van der Waals surface area contributed by atoms with Gasteiger partial charge in [-0.25, -0.2) is 0 Å². The molecule has 2 atom stereocenters. The molecular weight excluding hydrogens is 365 g/mol. The van der Waals surface area contributed by atoms with E-state index in [-0.39, 0.29) is 24.0 Å². The molecule has 5 nitrogen and oxygen atoms in total. The lowest BCUT2D eigenvalue weighted by atomic mass is 10.1. The summed E-state index contributed by atoms with van der Waals surface area (Å²) >= 11 is 0. The zero-order chi connectivity index (χ0) is 14.0. The van der Waals surface area contributed by atoms with E-state index in [4.69, 9.17) is 0 Å². The van der Waals surface area contributed by atoms with Gasteiger partial charge in [0.2, 0.25) is 0 Å². The molecular formula is C14H26IN5. The fraction of sp³-hybridized carbons (Fsp3) is 0.714. The largest absolute Gasteiger partial charge is 0.356 e. The molecule has 0 spiro atoms. The molecule has 20 heavy (non-hydrogen) atoms. The zero-order valence-electron chi connectivity index (χ0n) is 13.0. The van der Waals surface area contributed by atoms with Crippen LogP contribution in [0.3, 0.4) is 0 Å². The van der Waals surface area contributed by atoms with Gasteiger partial charge in [0.15, 0.2) is 5.96 Å². The van der Waals surface area contributed by atoms with E-state index < -0.39 is 0 Å². The van der Waals surface area contributed by atoms with E-state index in [1.165, 1.54) is 17.7 Å². The number of aromatic nitrogens is 2. The number of nitrogens with one attached hydrogen (secondary N) is 2. The molecule has 6 heteroatoms. The third-order valence-corrected chi connectivity index (χ3v) is 3.98. The molecule has 2 unspecified atom stereocenters. The van der Waals surface area contributed by atoms with Gasteiger partial charge < -0.3 is 10.6 Å². The number of aryl methyl sites for hydroxylation is 2. The first kappa shape index (κ1) is 17.3. The van der Waals surface area contributed by atoms with Crippen molar-refractivity contribution in [3.05, 3.63) is 17.0 Å². The van der Waals surface area contributed by atoms with E-state index in [1.807, 2.05) is 18.8 Å². The monoisotopic (exact) mass is 391 g/mol. The number of rotatable bonds is 4. The van der Waals surface area contributed by atoms with E-state index in [9.17, 15) is 0 Å². The van der Waals surface area contributed by atoms with Gasteiger partial charge >= 0.3 is 0 Å². The summed E-state index contributed by atoms with van der Waals surface area (Å²) in [6, 6.07) is 0.605. The molecule has 0 bridgehead atoms. The molecule has 0 radical (unpaired) electrons. The average molecular weight is 391 g/mol. The van der Waals surface area contributed by atoms with E-state index in [2.05, 4.69) is 41.5 Å². The number of guanidine groups is 1. The maximum atomic E-state index is 4.44. The number of hydrogen-bond acceptors (Lipinski definition) is 2. The second-order valence-corrected chi connectivity index (χ2v) is 5.49. The average Bonchev–Trinajstić information content (AvgIpc) is 3.01. The second kappa shape index (κ2) is 7.28. The van der Waals surface area contributed by atoms with E-state index >= 15 is 0 Å². The Balaban J connectivity index is 0.00000200. The summed E-state index contributed by atoms with van der Waals surface area (Å²) in [5, 5.41) is 11.2. The van der Waals surface area contributed by atoms with Crippen LogP contribution < -0.4 is 10.6 Å². The lowest BCUT2D eigenvalue weighted by Gasteiger charge is -2.11. The third-order valence-electron chi connectivity index (χ3n) is 3.98. The number of nitrogens with zero attached hydrogens (tertiary/aromatic N) is 3. The van der Waals surface area contributed by atoms with Crippen LogP contribution in [0, 0.1) is 19.8 Å². The minimum atomic E-state index is 0. The van der Waals surface area contributed by atoms with Crippen molar-refractivity contribution >= 4 is 29.9 Å². The molecule has 114 valence electrons. The molecule has 1 aromatic rings. The second-order valence-electron chi connectivity index (χ2n) is 5.49. The Bertz CT molecular complexity index is 480. The molecule has 2 rings (SSSR count). The third kappa shape index (κ3) is 4.10. The maximum Gasteiger partial charge on any atom is 0.191 e. The van der Waals surface area contributed by atoms with Crippen LogP contribution in [-0.4, -0.2) is 35.4 Å². The molecule has 1 aromatic heterocycles. The SMILES string of the molecule is CN=C(NCCc1c(C)nn(C)c1C)NC1CC1C.I. The Labute approximate surface area is 138 Å². The van der Waals surface area contributed by atoms with Crippen molar-refractivity contribution in [2.45, 2.75) is 39.7 Å². The molecule has 1 fully saturated rings. The Kier molecular flexibility index (Phi) is 6.29. The van der Waals surface area contributed by atoms with Crippen LogP contribution in [0.15, 0.2) is 4.99 Å². The lowest BCUT2D eigenvalue weighted by molar-refractivity contribution is 0.728. The Morgan fingerprint density at radius 2 is 2.10 bits per heavy atom. The lowest BCUT2D eigenvalue weighted by Crippen LogP contribution is -2.40. The highest BCUT2D eigenvalue weighted by Gasteiger charge is 2.33. The minimum Gasteiger partial charge on any atom is -0.356 e. The number of aliphatic imine (C=N–C) groups is 1. The fourth-order valence-corrected chi connectivity index (χ4v) is 2.38. The highest BCUT2D eigenvalue weighted by Crippen LogP contribution is 2.28. The van der Waals surface area contributed by atoms with Gasteiger partial charge in [-0.15, -0.1) is 24.0 Å². The van der Waals surface area contributed by atoms with Crippen LogP contribution in [0.2, 0.25) is 0 Å². The fourth-order valence-electron chi connectivity index (χ4n) is 2.38. The first-order valence-corrected chi connectivity index (χ1v) is 6.99. The van der Waals surface area contributed by atoms with Gasteiger partial charge in [-0.2, -0.15) is 5.10 Å². The van der Waals surface area contributed by atoms with E-state index in [1.54, 1.807) is 0 Å². The maximum absolute atomic E-state index is 4.44. The first-order valence-electron chi connectivity index (χ1n) is 6.99. The Morgan fingerprint density at radius 3 is 2.55 bits per heavy atom. The van der Waals surface area contributed by atoms with Crippen LogP contribution in [0.4, 0.5) is 0 Å². The summed E-state index contributed by atoms with van der Waals surface area (Å²) in [6.45, 7) is 7.33. The zero-order valence-corrected chi connectivity index (χ0v) is 15.4. The Morgan fingerprint density at radius 1 is 1.45 bits per heavy atom. The van der Waals surface area contributed by atoms with Gasteiger partial charge in [-0.1, -0.05) is 6.92 Å². The van der Waals surface area contributed by atoms with Crippen molar-refractivity contribution in [2.75, 3.05) is 13.6 Å². The summed E-state index contributed by atoms with van der Waals surface area (Å²) in [5.74, 6) is 1.69. The van der Waals surface area contributed by atoms with Gasteiger partial charge in [0.25, 0.3) is 0 Å². The van der Waals surface area contributed by atoms with Crippen LogP contribution in [-0.2, 0) is 13.5 Å². The van der Waals surface area contributed by atoms with Gasteiger partial charge in [0.05, 0.1) is 5.69 Å². The summed E-state index contributed by atoms with van der Waals surface area (Å²) < 4.78 is 1.95. The van der Waals surface area contributed by atoms with Crippen molar-refractivity contribution in [1.82, 2.24) is 20.4 Å². The summed E-state index contributed by atoms with van der Waals surface area (Å²) in [6.07, 6.45) is 2.23. The quantitative estimate of drug-likeness (QED) is 0.468. The predicted molar refractivity (Wildman–Crippen MR) is 93.9 cm³/mol. The molecule has 0 aliphatic heterocycles. The first-order chi connectivity index (χ1) is 9.02. The van der Waals surface area contributed by atoms with Crippen LogP contribution in [0.5, 0.6) is 0 Å².